The summed E-state index contributed by atoms with van der Waals surface area (Å²) in [5, 5.41) is 4.16. The summed E-state index contributed by atoms with van der Waals surface area (Å²) in [6, 6.07) is 8.01. The molecule has 0 radical (unpaired) electrons. The number of furan rings is 1. The SMILES string of the molecule is CCc1oc2ccccc2c1CN(C)C(=O)C(C)CNC. The molecule has 1 aromatic carbocycles. The molecule has 0 spiro atoms. The maximum atomic E-state index is 12.4. The van der Waals surface area contributed by atoms with E-state index in [9.17, 15) is 4.79 Å². The molecular weight excluding hydrogens is 264 g/mol. The Balaban J connectivity index is 2.24. The molecule has 0 bridgehead atoms. The Morgan fingerprint density at radius 3 is 2.76 bits per heavy atom. The molecule has 4 nitrogen and oxygen atoms in total. The number of amides is 1. The molecule has 1 heterocycles. The van der Waals surface area contributed by atoms with Crippen molar-refractivity contribution in [3.8, 4) is 0 Å². The van der Waals surface area contributed by atoms with Crippen LogP contribution in [0.15, 0.2) is 28.7 Å². The van der Waals surface area contributed by atoms with Gasteiger partial charge < -0.3 is 14.6 Å². The zero-order valence-corrected chi connectivity index (χ0v) is 13.3. The molecule has 2 rings (SSSR count). The molecule has 1 atom stereocenters. The second-order valence-electron chi connectivity index (χ2n) is 5.51. The van der Waals surface area contributed by atoms with Crippen LogP contribution >= 0.6 is 0 Å². The zero-order chi connectivity index (χ0) is 15.4. The van der Waals surface area contributed by atoms with Crippen molar-refractivity contribution in [3.05, 3.63) is 35.6 Å². The van der Waals surface area contributed by atoms with E-state index in [0.29, 0.717) is 13.1 Å². The Hall–Kier alpha value is -1.81. The largest absolute Gasteiger partial charge is 0.461 e. The van der Waals surface area contributed by atoms with Gasteiger partial charge in [0.05, 0.1) is 0 Å². The van der Waals surface area contributed by atoms with Gasteiger partial charge in [0.15, 0.2) is 0 Å². The second-order valence-corrected chi connectivity index (χ2v) is 5.51. The number of aryl methyl sites for hydroxylation is 1. The highest BCUT2D eigenvalue weighted by atomic mass is 16.3. The number of nitrogens with one attached hydrogen (secondary N) is 1. The highest BCUT2D eigenvalue weighted by Crippen LogP contribution is 2.27. The molecule has 0 fully saturated rings. The van der Waals surface area contributed by atoms with Gasteiger partial charge in [-0.25, -0.2) is 0 Å². The van der Waals surface area contributed by atoms with Crippen LogP contribution in [0.1, 0.15) is 25.2 Å². The van der Waals surface area contributed by atoms with E-state index in [2.05, 4.69) is 18.3 Å². The summed E-state index contributed by atoms with van der Waals surface area (Å²) in [6.45, 7) is 5.30. The van der Waals surface area contributed by atoms with Crippen LogP contribution < -0.4 is 5.32 Å². The third-order valence-electron chi connectivity index (χ3n) is 3.81. The topological polar surface area (TPSA) is 45.5 Å². The molecule has 1 N–H and O–H groups in total. The van der Waals surface area contributed by atoms with Crippen LogP contribution in [0.25, 0.3) is 11.0 Å². The van der Waals surface area contributed by atoms with Gasteiger partial charge in [-0.3, -0.25) is 4.79 Å². The van der Waals surface area contributed by atoms with Crippen molar-refractivity contribution in [2.75, 3.05) is 20.6 Å². The van der Waals surface area contributed by atoms with Crippen LogP contribution in [0.5, 0.6) is 0 Å². The van der Waals surface area contributed by atoms with E-state index in [1.807, 2.05) is 39.2 Å². The van der Waals surface area contributed by atoms with Crippen molar-refractivity contribution in [1.82, 2.24) is 10.2 Å². The number of benzene rings is 1. The van der Waals surface area contributed by atoms with E-state index in [4.69, 9.17) is 4.42 Å². The van der Waals surface area contributed by atoms with E-state index >= 15 is 0 Å². The Kier molecular flexibility index (Phi) is 5.02. The highest BCUT2D eigenvalue weighted by molar-refractivity contribution is 5.83. The normalized spacial score (nSPS) is 12.6. The number of hydrogen-bond donors (Lipinski definition) is 1. The average molecular weight is 288 g/mol. The molecule has 1 amide bonds. The monoisotopic (exact) mass is 288 g/mol. The fourth-order valence-corrected chi connectivity index (χ4v) is 2.69. The Labute approximate surface area is 126 Å². The molecule has 0 aliphatic carbocycles. The van der Waals surface area contributed by atoms with Crippen LogP contribution in [0.2, 0.25) is 0 Å². The van der Waals surface area contributed by atoms with Gasteiger partial charge in [-0.1, -0.05) is 32.0 Å². The van der Waals surface area contributed by atoms with Crippen LogP contribution in [0, 0.1) is 5.92 Å². The lowest BCUT2D eigenvalue weighted by Crippen LogP contribution is -2.35. The summed E-state index contributed by atoms with van der Waals surface area (Å²) in [6.07, 6.45) is 0.831. The van der Waals surface area contributed by atoms with Crippen LogP contribution in [0.4, 0.5) is 0 Å². The molecule has 114 valence electrons. The third kappa shape index (κ3) is 3.27. The molecule has 0 aliphatic rings. The number of carbonyl (C=O) groups is 1. The first-order valence-electron chi connectivity index (χ1n) is 7.47. The van der Waals surface area contributed by atoms with E-state index < -0.39 is 0 Å². The number of rotatable bonds is 6. The summed E-state index contributed by atoms with van der Waals surface area (Å²) in [7, 11) is 3.72. The third-order valence-corrected chi connectivity index (χ3v) is 3.81. The fraction of sp³-hybridized carbons (Fsp3) is 0.471. The number of carbonyl (C=O) groups excluding carboxylic acids is 1. The van der Waals surface area contributed by atoms with Gasteiger partial charge in [0.1, 0.15) is 11.3 Å². The van der Waals surface area contributed by atoms with Gasteiger partial charge in [-0.05, 0) is 13.1 Å². The van der Waals surface area contributed by atoms with Crippen LogP contribution in [-0.4, -0.2) is 31.4 Å². The van der Waals surface area contributed by atoms with E-state index in [1.54, 1.807) is 4.90 Å². The van der Waals surface area contributed by atoms with Gasteiger partial charge in [0.2, 0.25) is 5.91 Å². The van der Waals surface area contributed by atoms with Gasteiger partial charge in [-0.15, -0.1) is 0 Å². The van der Waals surface area contributed by atoms with Crippen molar-refractivity contribution in [2.45, 2.75) is 26.8 Å². The molecular formula is C17H24N2O2. The maximum absolute atomic E-state index is 12.4. The minimum Gasteiger partial charge on any atom is -0.461 e. The van der Waals surface area contributed by atoms with Crippen LogP contribution in [0.3, 0.4) is 0 Å². The van der Waals surface area contributed by atoms with E-state index in [0.717, 1.165) is 28.7 Å². The molecule has 0 saturated carbocycles. The summed E-state index contributed by atoms with van der Waals surface area (Å²) < 4.78 is 5.89. The van der Waals surface area contributed by atoms with Gasteiger partial charge in [-0.2, -0.15) is 0 Å². The number of nitrogens with zero attached hydrogens (tertiary/aromatic N) is 1. The summed E-state index contributed by atoms with van der Waals surface area (Å²) in [5.41, 5.74) is 2.02. The minimum atomic E-state index is -0.0248. The van der Waals surface area contributed by atoms with E-state index in [1.165, 1.54) is 0 Å². The van der Waals surface area contributed by atoms with Gasteiger partial charge >= 0.3 is 0 Å². The summed E-state index contributed by atoms with van der Waals surface area (Å²) in [4.78, 5) is 14.1. The van der Waals surface area contributed by atoms with E-state index in [-0.39, 0.29) is 11.8 Å². The predicted molar refractivity (Wildman–Crippen MR) is 85.2 cm³/mol. The lowest BCUT2D eigenvalue weighted by molar-refractivity contribution is -0.134. The lowest BCUT2D eigenvalue weighted by atomic mass is 10.1. The first kappa shape index (κ1) is 15.6. The Morgan fingerprint density at radius 1 is 1.38 bits per heavy atom. The maximum Gasteiger partial charge on any atom is 0.226 e. The highest BCUT2D eigenvalue weighted by Gasteiger charge is 2.20. The lowest BCUT2D eigenvalue weighted by Gasteiger charge is -2.21. The first-order valence-corrected chi connectivity index (χ1v) is 7.47. The molecule has 1 aromatic heterocycles. The zero-order valence-electron chi connectivity index (χ0n) is 13.3. The quantitative estimate of drug-likeness (QED) is 0.889. The predicted octanol–water partition coefficient (Wildman–Crippen LogP) is 2.81. The second kappa shape index (κ2) is 6.76. The molecule has 0 aliphatic heterocycles. The van der Waals surface area contributed by atoms with Crippen molar-refractivity contribution in [3.63, 3.8) is 0 Å². The smallest absolute Gasteiger partial charge is 0.226 e. The fourth-order valence-electron chi connectivity index (χ4n) is 2.69. The van der Waals surface area contributed by atoms with Gasteiger partial charge in [0.25, 0.3) is 0 Å². The Morgan fingerprint density at radius 2 is 2.10 bits per heavy atom. The number of hydrogen-bond acceptors (Lipinski definition) is 3. The first-order chi connectivity index (χ1) is 10.1. The van der Waals surface area contributed by atoms with Crippen molar-refractivity contribution < 1.29 is 9.21 Å². The summed E-state index contributed by atoms with van der Waals surface area (Å²) >= 11 is 0. The van der Waals surface area contributed by atoms with Crippen LogP contribution in [-0.2, 0) is 17.8 Å². The molecule has 21 heavy (non-hydrogen) atoms. The van der Waals surface area contributed by atoms with Crippen molar-refractivity contribution in [2.24, 2.45) is 5.92 Å². The van der Waals surface area contributed by atoms with Crippen molar-refractivity contribution >= 4 is 16.9 Å². The molecule has 2 aromatic rings. The Bertz CT molecular complexity index is 618. The number of fused-ring (bicyclic) bond motifs is 1. The standard InChI is InChI=1S/C17H24N2O2/c1-5-15-14(13-8-6-7-9-16(13)21-15)11-19(4)17(20)12(2)10-18-3/h6-9,12,18H,5,10-11H2,1-4H3. The minimum absolute atomic E-state index is 0.0248. The van der Waals surface area contributed by atoms with Crippen molar-refractivity contribution in [1.29, 1.82) is 0 Å². The average Bonchev–Trinajstić information content (AvgIpc) is 2.84. The summed E-state index contributed by atoms with van der Waals surface area (Å²) in [5.74, 6) is 1.09. The molecule has 1 unspecified atom stereocenters. The van der Waals surface area contributed by atoms with Gasteiger partial charge in [0, 0.05) is 43.4 Å². The molecule has 4 heteroatoms. The number of para-hydroxylation sites is 1. The molecule has 0 saturated heterocycles.